The van der Waals surface area contributed by atoms with E-state index in [9.17, 15) is 13.6 Å². The van der Waals surface area contributed by atoms with Crippen LogP contribution in [-0.4, -0.2) is 18.0 Å². The average molecular weight is 240 g/mol. The Labute approximate surface area is 98.6 Å². The van der Waals surface area contributed by atoms with Gasteiger partial charge in [-0.1, -0.05) is 0 Å². The van der Waals surface area contributed by atoms with Gasteiger partial charge in [-0.25, -0.2) is 8.78 Å². The molecule has 2 nitrogen and oxygen atoms in total. The molecule has 0 aliphatic carbocycles. The second-order valence-corrected chi connectivity index (χ2v) is 4.52. The number of hydrogen-bond donors (Lipinski definition) is 0. The first kappa shape index (κ1) is 12.2. The molecular formula is C13H14F2O2. The third-order valence-electron chi connectivity index (χ3n) is 3.17. The molecule has 1 saturated heterocycles. The molecule has 0 saturated carbocycles. The van der Waals surface area contributed by atoms with Gasteiger partial charge in [0.2, 0.25) is 0 Å². The molecule has 92 valence electrons. The van der Waals surface area contributed by atoms with E-state index in [4.69, 9.17) is 4.74 Å². The molecule has 0 radical (unpaired) electrons. The summed E-state index contributed by atoms with van der Waals surface area (Å²) in [6, 6.07) is 3.14. The molecule has 0 N–H and O–H groups in total. The Bertz CT molecular complexity index is 437. The van der Waals surface area contributed by atoms with Crippen LogP contribution >= 0.6 is 0 Å². The molecule has 1 atom stereocenters. The van der Waals surface area contributed by atoms with E-state index in [0.717, 1.165) is 24.6 Å². The molecule has 17 heavy (non-hydrogen) atoms. The summed E-state index contributed by atoms with van der Waals surface area (Å²) in [5.41, 5.74) is -0.745. The molecule has 1 unspecified atom stereocenters. The Morgan fingerprint density at radius 3 is 2.88 bits per heavy atom. The van der Waals surface area contributed by atoms with Crippen LogP contribution in [0.1, 0.15) is 25.3 Å². The van der Waals surface area contributed by atoms with E-state index in [1.54, 1.807) is 6.92 Å². The van der Waals surface area contributed by atoms with Crippen LogP contribution in [0.15, 0.2) is 18.2 Å². The summed E-state index contributed by atoms with van der Waals surface area (Å²) in [5.74, 6) is -1.28. The zero-order valence-electron chi connectivity index (χ0n) is 9.63. The number of halogens is 2. The number of ether oxygens (including phenoxy) is 1. The summed E-state index contributed by atoms with van der Waals surface area (Å²) in [4.78, 5) is 12.0. The third kappa shape index (κ3) is 2.52. The van der Waals surface area contributed by atoms with Gasteiger partial charge in [0.1, 0.15) is 17.2 Å². The fraction of sp³-hybridized carbons (Fsp3) is 0.462. The van der Waals surface area contributed by atoms with Crippen LogP contribution in [0.25, 0.3) is 0 Å². The van der Waals surface area contributed by atoms with Gasteiger partial charge in [0.05, 0.1) is 0 Å². The van der Waals surface area contributed by atoms with Crippen LogP contribution in [0.3, 0.4) is 0 Å². The number of ketones is 1. The normalized spacial score (nSPS) is 23.9. The zero-order chi connectivity index (χ0) is 12.5. The number of carbonyl (C=O) groups is 1. The van der Waals surface area contributed by atoms with Gasteiger partial charge < -0.3 is 4.74 Å². The maximum atomic E-state index is 13.4. The Balaban J connectivity index is 2.15. The monoisotopic (exact) mass is 240 g/mol. The van der Waals surface area contributed by atoms with Crippen LogP contribution < -0.4 is 0 Å². The van der Waals surface area contributed by atoms with E-state index in [2.05, 4.69) is 0 Å². The molecule has 0 aromatic heterocycles. The fourth-order valence-corrected chi connectivity index (χ4v) is 2.04. The van der Waals surface area contributed by atoms with E-state index in [1.807, 2.05) is 0 Å². The smallest absolute Gasteiger partial charge is 0.168 e. The Morgan fingerprint density at radius 2 is 2.24 bits per heavy atom. The van der Waals surface area contributed by atoms with Crippen LogP contribution in [0.4, 0.5) is 8.78 Å². The predicted molar refractivity (Wildman–Crippen MR) is 58.7 cm³/mol. The minimum absolute atomic E-state index is 0.0896. The van der Waals surface area contributed by atoms with Crippen LogP contribution in [0.5, 0.6) is 0 Å². The summed E-state index contributed by atoms with van der Waals surface area (Å²) in [6.45, 7) is 2.26. The van der Waals surface area contributed by atoms with Crippen molar-refractivity contribution >= 4 is 5.78 Å². The van der Waals surface area contributed by atoms with Crippen LogP contribution in [0.2, 0.25) is 0 Å². The summed E-state index contributed by atoms with van der Waals surface area (Å²) in [5, 5.41) is 0. The molecule has 0 amide bonds. The highest BCUT2D eigenvalue weighted by molar-refractivity contribution is 5.89. The molecule has 4 heteroatoms. The summed E-state index contributed by atoms with van der Waals surface area (Å²) < 4.78 is 31.7. The summed E-state index contributed by atoms with van der Waals surface area (Å²) in [6.07, 6.45) is 1.34. The van der Waals surface area contributed by atoms with Crippen LogP contribution in [-0.2, 0) is 16.0 Å². The van der Waals surface area contributed by atoms with Crippen molar-refractivity contribution < 1.29 is 18.3 Å². The van der Waals surface area contributed by atoms with E-state index in [-0.39, 0.29) is 17.8 Å². The highest BCUT2D eigenvalue weighted by Gasteiger charge is 2.37. The number of hydrogen-bond acceptors (Lipinski definition) is 2. The van der Waals surface area contributed by atoms with Gasteiger partial charge in [0.15, 0.2) is 5.78 Å². The highest BCUT2D eigenvalue weighted by atomic mass is 19.1. The second kappa shape index (κ2) is 4.53. The molecule has 2 rings (SSSR count). The molecule has 0 bridgehead atoms. The maximum absolute atomic E-state index is 13.4. The van der Waals surface area contributed by atoms with Gasteiger partial charge >= 0.3 is 0 Å². The van der Waals surface area contributed by atoms with E-state index < -0.39 is 17.2 Å². The molecule has 0 spiro atoms. The number of carbonyl (C=O) groups excluding carboxylic acids is 1. The number of benzene rings is 1. The lowest BCUT2D eigenvalue weighted by molar-refractivity contribution is -0.136. The van der Waals surface area contributed by atoms with Gasteiger partial charge in [-0.3, -0.25) is 4.79 Å². The lowest BCUT2D eigenvalue weighted by Gasteiger charge is -2.21. The first-order chi connectivity index (χ1) is 8.01. The van der Waals surface area contributed by atoms with Gasteiger partial charge in [-0.15, -0.1) is 0 Å². The standard InChI is InChI=1S/C13H14F2O2/c1-13(5-2-6-17-13)12(16)8-9-7-10(14)3-4-11(9)15/h3-4,7H,2,5-6,8H2,1H3. The van der Waals surface area contributed by atoms with Crippen molar-refractivity contribution in [3.8, 4) is 0 Å². The third-order valence-corrected chi connectivity index (χ3v) is 3.17. The quantitative estimate of drug-likeness (QED) is 0.811. The maximum Gasteiger partial charge on any atom is 0.168 e. The molecular weight excluding hydrogens is 226 g/mol. The number of Topliss-reactive ketones (excluding diaryl/α,β-unsaturated/α-hetero) is 1. The molecule has 1 fully saturated rings. The summed E-state index contributed by atoms with van der Waals surface area (Å²) in [7, 11) is 0. The Hall–Kier alpha value is -1.29. The second-order valence-electron chi connectivity index (χ2n) is 4.52. The lowest BCUT2D eigenvalue weighted by Crippen LogP contribution is -2.35. The average Bonchev–Trinajstić information content (AvgIpc) is 2.72. The summed E-state index contributed by atoms with van der Waals surface area (Å²) >= 11 is 0. The topological polar surface area (TPSA) is 26.3 Å². The van der Waals surface area contributed by atoms with Crippen LogP contribution in [0, 0.1) is 11.6 Å². The van der Waals surface area contributed by atoms with Crippen molar-refractivity contribution in [1.29, 1.82) is 0 Å². The van der Waals surface area contributed by atoms with Crippen molar-refractivity contribution in [3.05, 3.63) is 35.4 Å². The Morgan fingerprint density at radius 1 is 1.47 bits per heavy atom. The molecule has 1 aromatic carbocycles. The molecule has 1 heterocycles. The van der Waals surface area contributed by atoms with Crippen molar-refractivity contribution in [1.82, 2.24) is 0 Å². The predicted octanol–water partition coefficient (Wildman–Crippen LogP) is 2.65. The van der Waals surface area contributed by atoms with Gasteiger partial charge in [0.25, 0.3) is 0 Å². The first-order valence-electron chi connectivity index (χ1n) is 5.62. The highest BCUT2D eigenvalue weighted by Crippen LogP contribution is 2.27. The fourth-order valence-electron chi connectivity index (χ4n) is 2.04. The van der Waals surface area contributed by atoms with E-state index in [1.165, 1.54) is 0 Å². The van der Waals surface area contributed by atoms with Gasteiger partial charge in [0, 0.05) is 13.0 Å². The van der Waals surface area contributed by atoms with Gasteiger partial charge in [-0.05, 0) is 43.5 Å². The minimum Gasteiger partial charge on any atom is -0.367 e. The lowest BCUT2D eigenvalue weighted by atomic mass is 9.92. The molecule has 1 aliphatic rings. The van der Waals surface area contributed by atoms with Crippen molar-refractivity contribution in [2.24, 2.45) is 0 Å². The van der Waals surface area contributed by atoms with E-state index >= 15 is 0 Å². The van der Waals surface area contributed by atoms with Gasteiger partial charge in [-0.2, -0.15) is 0 Å². The molecule has 1 aromatic rings. The Kier molecular flexibility index (Phi) is 3.24. The van der Waals surface area contributed by atoms with Crippen molar-refractivity contribution in [2.45, 2.75) is 31.8 Å². The molecule has 1 aliphatic heterocycles. The minimum atomic E-state index is -0.835. The zero-order valence-corrected chi connectivity index (χ0v) is 9.63. The van der Waals surface area contributed by atoms with E-state index in [0.29, 0.717) is 13.0 Å². The number of rotatable bonds is 3. The SMILES string of the molecule is CC1(C(=O)Cc2cc(F)ccc2F)CCCO1. The van der Waals surface area contributed by atoms with Crippen molar-refractivity contribution in [3.63, 3.8) is 0 Å². The van der Waals surface area contributed by atoms with Crippen molar-refractivity contribution in [2.75, 3.05) is 6.61 Å². The first-order valence-corrected chi connectivity index (χ1v) is 5.62. The largest absolute Gasteiger partial charge is 0.367 e.